The second-order valence-electron chi connectivity index (χ2n) is 7.25. The third-order valence-electron chi connectivity index (χ3n) is 4.99. The molecule has 4 rings (SSSR count). The molecule has 0 aliphatic heterocycles. The molecule has 2 heterocycles. The number of amides is 1. The summed E-state index contributed by atoms with van der Waals surface area (Å²) in [6.45, 7) is 4.26. The smallest absolute Gasteiger partial charge is 0.291 e. The van der Waals surface area contributed by atoms with Crippen LogP contribution in [0.1, 0.15) is 43.6 Å². The first-order valence-electron chi connectivity index (χ1n) is 9.82. The van der Waals surface area contributed by atoms with Gasteiger partial charge in [0.25, 0.3) is 5.91 Å². The number of hydrogen-bond acceptors (Lipinski definition) is 4. The van der Waals surface area contributed by atoms with Crippen LogP contribution in [0.15, 0.2) is 69.6 Å². The Morgan fingerprint density at radius 2 is 1.84 bits per heavy atom. The zero-order valence-electron chi connectivity index (χ0n) is 17.4. The molecule has 0 unspecified atom stereocenters. The zero-order valence-corrected chi connectivity index (χ0v) is 19.7. The average molecular weight is 513 g/mol. The molecule has 0 saturated carbocycles. The van der Waals surface area contributed by atoms with E-state index >= 15 is 0 Å². The van der Waals surface area contributed by atoms with Crippen molar-refractivity contribution in [3.8, 4) is 0 Å². The Morgan fingerprint density at radius 1 is 1.09 bits per heavy atom. The molecule has 1 amide bonds. The molecule has 0 bridgehead atoms. The fourth-order valence-electron chi connectivity index (χ4n) is 3.30. The van der Waals surface area contributed by atoms with Gasteiger partial charge in [0.15, 0.2) is 11.5 Å². The number of hydrogen-bond donors (Lipinski definition) is 1. The lowest BCUT2D eigenvalue weighted by molar-refractivity contribution is 0.0994. The van der Waals surface area contributed by atoms with Gasteiger partial charge in [-0.25, -0.2) is 0 Å². The van der Waals surface area contributed by atoms with Crippen LogP contribution >= 0.6 is 27.5 Å². The summed E-state index contributed by atoms with van der Waals surface area (Å²) in [5.74, 6) is 0.0208. The van der Waals surface area contributed by atoms with Gasteiger partial charge in [0.1, 0.15) is 5.76 Å². The minimum atomic E-state index is -0.463. The fraction of sp³-hybridized carbons (Fsp3) is 0.125. The van der Waals surface area contributed by atoms with Gasteiger partial charge < -0.3 is 9.73 Å². The SMILES string of the molecule is Cc1nn(Cc2ccc(C(=O)Nc3ccc(Cl)cc3C(=O)c3ccccc3)o2)c(C)c1Br. The van der Waals surface area contributed by atoms with Gasteiger partial charge in [-0.05, 0) is 60.1 Å². The van der Waals surface area contributed by atoms with E-state index in [1.165, 1.54) is 0 Å². The van der Waals surface area contributed by atoms with Gasteiger partial charge in [-0.2, -0.15) is 5.10 Å². The molecule has 2 aromatic heterocycles. The number of rotatable bonds is 6. The Labute approximate surface area is 198 Å². The maximum absolute atomic E-state index is 13.0. The van der Waals surface area contributed by atoms with E-state index in [0.717, 1.165) is 15.9 Å². The van der Waals surface area contributed by atoms with Crippen molar-refractivity contribution in [3.05, 3.63) is 104 Å². The van der Waals surface area contributed by atoms with E-state index in [-0.39, 0.29) is 11.5 Å². The van der Waals surface area contributed by atoms with Crippen molar-refractivity contribution in [1.82, 2.24) is 9.78 Å². The largest absolute Gasteiger partial charge is 0.454 e. The summed E-state index contributed by atoms with van der Waals surface area (Å²) >= 11 is 9.62. The third kappa shape index (κ3) is 4.54. The van der Waals surface area contributed by atoms with Crippen LogP contribution < -0.4 is 5.32 Å². The minimum Gasteiger partial charge on any atom is -0.454 e. The quantitative estimate of drug-likeness (QED) is 0.320. The molecule has 0 spiro atoms. The van der Waals surface area contributed by atoms with Gasteiger partial charge in [0, 0.05) is 16.1 Å². The van der Waals surface area contributed by atoms with Crippen molar-refractivity contribution in [2.45, 2.75) is 20.4 Å². The van der Waals surface area contributed by atoms with Crippen molar-refractivity contribution >= 4 is 44.9 Å². The summed E-state index contributed by atoms with van der Waals surface area (Å²) in [6, 6.07) is 16.9. The number of ketones is 1. The van der Waals surface area contributed by atoms with Gasteiger partial charge in [-0.15, -0.1) is 0 Å². The van der Waals surface area contributed by atoms with Crippen LogP contribution in [0, 0.1) is 13.8 Å². The maximum atomic E-state index is 13.0. The van der Waals surface area contributed by atoms with Crippen molar-refractivity contribution < 1.29 is 14.0 Å². The number of benzene rings is 2. The number of furan rings is 1. The number of carbonyl (C=O) groups is 2. The molecule has 0 radical (unpaired) electrons. The molecule has 0 aliphatic rings. The average Bonchev–Trinajstić information content (AvgIpc) is 3.36. The molecule has 0 fully saturated rings. The molecular formula is C24H19BrClN3O3. The number of nitrogens with one attached hydrogen (secondary N) is 1. The Hall–Kier alpha value is -3.16. The van der Waals surface area contributed by atoms with Gasteiger partial charge in [-0.1, -0.05) is 41.9 Å². The molecule has 162 valence electrons. The van der Waals surface area contributed by atoms with E-state index in [1.807, 2.05) is 19.9 Å². The number of nitrogens with zero attached hydrogens (tertiary/aromatic N) is 2. The highest BCUT2D eigenvalue weighted by Crippen LogP contribution is 2.25. The summed E-state index contributed by atoms with van der Waals surface area (Å²) in [7, 11) is 0. The summed E-state index contributed by atoms with van der Waals surface area (Å²) in [6.07, 6.45) is 0. The van der Waals surface area contributed by atoms with Crippen LogP contribution in [0.2, 0.25) is 5.02 Å². The highest BCUT2D eigenvalue weighted by Gasteiger charge is 2.19. The molecule has 6 nitrogen and oxygen atoms in total. The Bertz CT molecular complexity index is 1310. The Balaban J connectivity index is 1.55. The molecule has 1 N–H and O–H groups in total. The lowest BCUT2D eigenvalue weighted by atomic mass is 10.0. The number of aromatic nitrogens is 2. The molecule has 0 saturated heterocycles. The fourth-order valence-corrected chi connectivity index (χ4v) is 3.76. The van der Waals surface area contributed by atoms with Crippen LogP contribution in [-0.4, -0.2) is 21.5 Å². The predicted molar refractivity (Wildman–Crippen MR) is 126 cm³/mol. The van der Waals surface area contributed by atoms with Crippen molar-refractivity contribution in [3.63, 3.8) is 0 Å². The zero-order chi connectivity index (χ0) is 22.8. The molecule has 8 heteroatoms. The molecule has 0 aliphatic carbocycles. The van der Waals surface area contributed by atoms with Crippen molar-refractivity contribution in [2.75, 3.05) is 5.32 Å². The van der Waals surface area contributed by atoms with Crippen LogP contribution in [0.4, 0.5) is 5.69 Å². The first kappa shape index (κ1) is 22.0. The van der Waals surface area contributed by atoms with Gasteiger partial charge >= 0.3 is 0 Å². The van der Waals surface area contributed by atoms with Gasteiger partial charge in [0.2, 0.25) is 0 Å². The summed E-state index contributed by atoms with van der Waals surface area (Å²) in [5.41, 5.74) is 3.01. The van der Waals surface area contributed by atoms with Crippen molar-refractivity contribution in [2.24, 2.45) is 0 Å². The number of halogens is 2. The van der Waals surface area contributed by atoms with Crippen molar-refractivity contribution in [1.29, 1.82) is 0 Å². The highest BCUT2D eigenvalue weighted by molar-refractivity contribution is 9.10. The molecule has 4 aromatic rings. The second kappa shape index (κ2) is 9.14. The molecule has 32 heavy (non-hydrogen) atoms. The summed E-state index contributed by atoms with van der Waals surface area (Å²) in [5, 5.41) is 7.62. The van der Waals surface area contributed by atoms with Crippen LogP contribution in [0.25, 0.3) is 0 Å². The first-order chi connectivity index (χ1) is 15.3. The molecule has 2 aromatic carbocycles. The third-order valence-corrected chi connectivity index (χ3v) is 6.38. The van der Waals surface area contributed by atoms with E-state index in [1.54, 1.807) is 59.3 Å². The van der Waals surface area contributed by atoms with E-state index in [0.29, 0.717) is 34.1 Å². The number of anilines is 1. The lowest BCUT2D eigenvalue weighted by Gasteiger charge is -2.10. The van der Waals surface area contributed by atoms with Crippen LogP contribution in [-0.2, 0) is 6.54 Å². The minimum absolute atomic E-state index is 0.133. The van der Waals surface area contributed by atoms with Gasteiger partial charge in [-0.3, -0.25) is 14.3 Å². The highest BCUT2D eigenvalue weighted by atomic mass is 79.9. The van der Waals surface area contributed by atoms with E-state index in [9.17, 15) is 9.59 Å². The second-order valence-corrected chi connectivity index (χ2v) is 8.48. The normalized spacial score (nSPS) is 10.9. The number of carbonyl (C=O) groups excluding carboxylic acids is 2. The predicted octanol–water partition coefficient (Wildman–Crippen LogP) is 6.04. The summed E-state index contributed by atoms with van der Waals surface area (Å²) in [4.78, 5) is 25.8. The Kier molecular flexibility index (Phi) is 6.30. The van der Waals surface area contributed by atoms with Gasteiger partial charge in [0.05, 0.1) is 28.1 Å². The molecule has 0 atom stereocenters. The van der Waals surface area contributed by atoms with E-state index in [2.05, 4.69) is 26.3 Å². The first-order valence-corrected chi connectivity index (χ1v) is 11.0. The standard InChI is InChI=1S/C24H19BrClN3O3/c1-14-22(25)15(2)29(28-14)13-18-9-11-21(32-18)24(31)27-20-10-8-17(26)12-19(20)23(30)16-6-4-3-5-7-16/h3-12H,13H2,1-2H3,(H,27,31). The van der Waals surface area contributed by atoms with E-state index in [4.69, 9.17) is 16.0 Å². The van der Waals surface area contributed by atoms with Crippen LogP contribution in [0.3, 0.4) is 0 Å². The lowest BCUT2D eigenvalue weighted by Crippen LogP contribution is -2.14. The van der Waals surface area contributed by atoms with E-state index < -0.39 is 5.91 Å². The molecular weight excluding hydrogens is 494 g/mol. The Morgan fingerprint density at radius 3 is 2.53 bits per heavy atom. The monoisotopic (exact) mass is 511 g/mol. The number of aryl methyl sites for hydroxylation is 1. The topological polar surface area (TPSA) is 77.1 Å². The van der Waals surface area contributed by atoms with Crippen LogP contribution in [0.5, 0.6) is 0 Å². The summed E-state index contributed by atoms with van der Waals surface area (Å²) < 4.78 is 8.48. The maximum Gasteiger partial charge on any atom is 0.291 e.